The van der Waals surface area contributed by atoms with Gasteiger partial charge in [-0.3, -0.25) is 9.69 Å². The van der Waals surface area contributed by atoms with Gasteiger partial charge in [-0.05, 0) is 60.5 Å². The number of carbonyl (C=O) groups excluding carboxylic acids is 2. The molecule has 0 radical (unpaired) electrons. The van der Waals surface area contributed by atoms with E-state index in [0.717, 1.165) is 4.90 Å². The second kappa shape index (κ2) is 7.04. The minimum atomic E-state index is -0.408. The van der Waals surface area contributed by atoms with E-state index in [9.17, 15) is 9.59 Å². The Kier molecular flexibility index (Phi) is 5.30. The van der Waals surface area contributed by atoms with Crippen molar-refractivity contribution < 1.29 is 19.1 Å². The molecule has 2 rings (SSSR count). The molecule has 6 nitrogen and oxygen atoms in total. The van der Waals surface area contributed by atoms with E-state index in [1.165, 1.54) is 0 Å². The summed E-state index contributed by atoms with van der Waals surface area (Å²) in [6.07, 6.45) is 1.61. The van der Waals surface area contributed by atoms with Crippen molar-refractivity contribution in [3.8, 4) is 11.5 Å². The SMILES string of the molecule is CCN1C(=O)N/C(=C/c2cc(Br)c(OC(C)C)c(OC)c2)C1=O. The number of urea groups is 1. The number of nitrogens with one attached hydrogen (secondary N) is 1. The number of benzene rings is 1. The second-order valence-corrected chi connectivity index (χ2v) is 6.09. The maximum Gasteiger partial charge on any atom is 0.328 e. The lowest BCUT2D eigenvalue weighted by molar-refractivity contribution is -0.122. The summed E-state index contributed by atoms with van der Waals surface area (Å²) in [5.41, 5.74) is 0.953. The van der Waals surface area contributed by atoms with Crippen molar-refractivity contribution in [1.82, 2.24) is 10.2 Å². The van der Waals surface area contributed by atoms with Crippen LogP contribution in [0.15, 0.2) is 22.3 Å². The maximum absolute atomic E-state index is 12.1. The van der Waals surface area contributed by atoms with E-state index in [1.807, 2.05) is 13.8 Å². The lowest BCUT2D eigenvalue weighted by atomic mass is 10.1. The Morgan fingerprint density at radius 3 is 2.57 bits per heavy atom. The molecular weight excluding hydrogens is 364 g/mol. The van der Waals surface area contributed by atoms with Gasteiger partial charge in [0.25, 0.3) is 5.91 Å². The summed E-state index contributed by atoms with van der Waals surface area (Å²) in [5, 5.41) is 2.57. The number of carbonyl (C=O) groups is 2. The van der Waals surface area contributed by atoms with Gasteiger partial charge in [0.1, 0.15) is 5.70 Å². The van der Waals surface area contributed by atoms with Crippen LogP contribution in [0.5, 0.6) is 11.5 Å². The maximum atomic E-state index is 12.1. The molecule has 3 amide bonds. The van der Waals surface area contributed by atoms with Crippen molar-refractivity contribution in [1.29, 1.82) is 0 Å². The molecule has 1 N–H and O–H groups in total. The minimum absolute atomic E-state index is 0.00165. The molecule has 1 aliphatic rings. The van der Waals surface area contributed by atoms with Crippen molar-refractivity contribution in [2.24, 2.45) is 0 Å². The van der Waals surface area contributed by atoms with Gasteiger partial charge >= 0.3 is 6.03 Å². The van der Waals surface area contributed by atoms with Gasteiger partial charge in [0.15, 0.2) is 11.5 Å². The predicted octanol–water partition coefficient (Wildman–Crippen LogP) is 3.16. The highest BCUT2D eigenvalue weighted by molar-refractivity contribution is 9.10. The molecule has 1 fully saturated rings. The summed E-state index contributed by atoms with van der Waals surface area (Å²) in [6.45, 7) is 5.93. The molecule has 1 aliphatic heterocycles. The predicted molar refractivity (Wildman–Crippen MR) is 90.4 cm³/mol. The lowest BCUT2D eigenvalue weighted by Crippen LogP contribution is -2.30. The Balaban J connectivity index is 2.38. The van der Waals surface area contributed by atoms with Crippen molar-refractivity contribution in [2.45, 2.75) is 26.9 Å². The fourth-order valence-electron chi connectivity index (χ4n) is 2.20. The van der Waals surface area contributed by atoms with Crippen LogP contribution >= 0.6 is 15.9 Å². The van der Waals surface area contributed by atoms with Crippen LogP contribution in [0.3, 0.4) is 0 Å². The summed E-state index contributed by atoms with van der Waals surface area (Å²) in [5.74, 6) is 0.806. The molecule has 0 atom stereocenters. The van der Waals surface area contributed by atoms with E-state index in [0.29, 0.717) is 28.1 Å². The van der Waals surface area contributed by atoms with E-state index < -0.39 is 6.03 Å². The molecule has 1 heterocycles. The fourth-order valence-corrected chi connectivity index (χ4v) is 2.75. The number of rotatable bonds is 5. The normalized spacial score (nSPS) is 16.3. The Labute approximate surface area is 143 Å². The first-order valence-corrected chi connectivity index (χ1v) is 8.05. The third kappa shape index (κ3) is 3.67. The quantitative estimate of drug-likeness (QED) is 0.627. The summed E-state index contributed by atoms with van der Waals surface area (Å²) in [4.78, 5) is 24.9. The molecule has 0 unspecified atom stereocenters. The molecule has 124 valence electrons. The van der Waals surface area contributed by atoms with Crippen LogP contribution < -0.4 is 14.8 Å². The smallest absolute Gasteiger partial charge is 0.328 e. The van der Waals surface area contributed by atoms with Gasteiger partial charge in [-0.1, -0.05) is 0 Å². The number of amides is 3. The molecule has 0 spiro atoms. The number of imide groups is 1. The van der Waals surface area contributed by atoms with Crippen molar-refractivity contribution in [3.05, 3.63) is 27.9 Å². The van der Waals surface area contributed by atoms with E-state index in [1.54, 1.807) is 32.2 Å². The molecule has 1 aromatic rings. The summed E-state index contributed by atoms with van der Waals surface area (Å²) >= 11 is 3.45. The van der Waals surface area contributed by atoms with Crippen LogP contribution in [-0.4, -0.2) is 36.6 Å². The number of likely N-dealkylation sites (N-methyl/N-ethyl adjacent to an activating group) is 1. The monoisotopic (exact) mass is 382 g/mol. The number of hydrogen-bond donors (Lipinski definition) is 1. The van der Waals surface area contributed by atoms with Gasteiger partial charge in [0, 0.05) is 6.54 Å². The molecule has 23 heavy (non-hydrogen) atoms. The average molecular weight is 383 g/mol. The first-order chi connectivity index (χ1) is 10.9. The van der Waals surface area contributed by atoms with Gasteiger partial charge in [-0.25, -0.2) is 4.79 Å². The Morgan fingerprint density at radius 1 is 1.35 bits per heavy atom. The van der Waals surface area contributed by atoms with Gasteiger partial charge in [0.2, 0.25) is 0 Å². The second-order valence-electron chi connectivity index (χ2n) is 5.24. The number of halogens is 1. The van der Waals surface area contributed by atoms with Gasteiger partial charge in [-0.2, -0.15) is 0 Å². The first kappa shape index (κ1) is 17.3. The van der Waals surface area contributed by atoms with Crippen molar-refractivity contribution >= 4 is 33.9 Å². The number of hydrogen-bond acceptors (Lipinski definition) is 4. The molecule has 0 aliphatic carbocycles. The third-order valence-corrected chi connectivity index (χ3v) is 3.78. The summed E-state index contributed by atoms with van der Waals surface area (Å²) in [7, 11) is 1.55. The fraction of sp³-hybridized carbons (Fsp3) is 0.375. The largest absolute Gasteiger partial charge is 0.493 e. The summed E-state index contributed by atoms with van der Waals surface area (Å²) < 4.78 is 11.8. The molecule has 1 saturated heterocycles. The topological polar surface area (TPSA) is 67.9 Å². The van der Waals surface area contributed by atoms with E-state index >= 15 is 0 Å². The van der Waals surface area contributed by atoms with E-state index in [4.69, 9.17) is 9.47 Å². The van der Waals surface area contributed by atoms with Crippen LogP contribution in [0.2, 0.25) is 0 Å². The Hall–Kier alpha value is -2.02. The number of ether oxygens (including phenoxy) is 2. The molecule has 7 heteroatoms. The molecule has 0 saturated carbocycles. The third-order valence-electron chi connectivity index (χ3n) is 3.19. The highest BCUT2D eigenvalue weighted by Gasteiger charge is 2.32. The van der Waals surface area contributed by atoms with Crippen LogP contribution in [0.25, 0.3) is 6.08 Å². The van der Waals surface area contributed by atoms with Gasteiger partial charge in [-0.15, -0.1) is 0 Å². The van der Waals surface area contributed by atoms with Gasteiger partial charge in [0.05, 0.1) is 17.7 Å². The summed E-state index contributed by atoms with van der Waals surface area (Å²) in [6, 6.07) is 3.15. The lowest BCUT2D eigenvalue weighted by Gasteiger charge is -2.16. The molecule has 1 aromatic carbocycles. The Morgan fingerprint density at radius 2 is 2.04 bits per heavy atom. The number of nitrogens with zero attached hydrogens (tertiary/aromatic N) is 1. The molecule has 0 bridgehead atoms. The van der Waals surface area contributed by atoms with E-state index in [2.05, 4.69) is 21.2 Å². The zero-order chi connectivity index (χ0) is 17.1. The standard InChI is InChI=1S/C16H19BrN2O4/c1-5-19-15(20)12(18-16(19)21)7-10-6-11(17)14(23-9(2)3)13(8-10)22-4/h6-9H,5H2,1-4H3,(H,18,21)/b12-7+. The van der Waals surface area contributed by atoms with Crippen LogP contribution in [0.1, 0.15) is 26.3 Å². The average Bonchev–Trinajstić information content (AvgIpc) is 2.75. The van der Waals surface area contributed by atoms with E-state index in [-0.39, 0.29) is 17.7 Å². The minimum Gasteiger partial charge on any atom is -0.493 e. The van der Waals surface area contributed by atoms with Crippen LogP contribution in [0.4, 0.5) is 4.79 Å². The number of methoxy groups -OCH3 is 1. The van der Waals surface area contributed by atoms with Crippen LogP contribution in [-0.2, 0) is 4.79 Å². The first-order valence-electron chi connectivity index (χ1n) is 7.26. The zero-order valence-electron chi connectivity index (χ0n) is 13.5. The molecule has 0 aromatic heterocycles. The highest BCUT2D eigenvalue weighted by atomic mass is 79.9. The van der Waals surface area contributed by atoms with Gasteiger partial charge < -0.3 is 14.8 Å². The molecular formula is C16H19BrN2O4. The van der Waals surface area contributed by atoms with Crippen molar-refractivity contribution in [3.63, 3.8) is 0 Å². The highest BCUT2D eigenvalue weighted by Crippen LogP contribution is 2.38. The van der Waals surface area contributed by atoms with Crippen molar-refractivity contribution in [2.75, 3.05) is 13.7 Å². The zero-order valence-corrected chi connectivity index (χ0v) is 15.1. The van der Waals surface area contributed by atoms with Crippen LogP contribution in [0, 0.1) is 0 Å². The Bertz CT molecular complexity index is 670.